The van der Waals surface area contributed by atoms with Crippen LogP contribution in [0.5, 0.6) is 0 Å². The molecule has 0 saturated carbocycles. The second-order valence-corrected chi connectivity index (χ2v) is 9.86. The fourth-order valence-electron chi connectivity index (χ4n) is 4.98. The lowest BCUT2D eigenvalue weighted by Crippen LogP contribution is -2.45. The molecule has 2 N–H and O–H groups in total. The number of amides is 3. The van der Waals surface area contributed by atoms with E-state index in [2.05, 4.69) is 15.7 Å². The van der Waals surface area contributed by atoms with Crippen LogP contribution in [0.1, 0.15) is 42.5 Å². The van der Waals surface area contributed by atoms with Crippen molar-refractivity contribution in [3.05, 3.63) is 60.3 Å². The number of nitrogens with zero attached hydrogens (tertiary/aromatic N) is 5. The van der Waals surface area contributed by atoms with Gasteiger partial charge in [0.05, 0.1) is 12.1 Å². The number of guanidine groups is 1. The van der Waals surface area contributed by atoms with Gasteiger partial charge in [-0.25, -0.2) is 4.99 Å². The van der Waals surface area contributed by atoms with Gasteiger partial charge in [-0.15, -0.1) is 0 Å². The van der Waals surface area contributed by atoms with Crippen molar-refractivity contribution in [1.82, 2.24) is 24.9 Å². The Hall–Kier alpha value is -4.21. The van der Waals surface area contributed by atoms with Crippen molar-refractivity contribution >= 4 is 40.3 Å². The van der Waals surface area contributed by atoms with Crippen molar-refractivity contribution in [2.24, 2.45) is 12.0 Å². The minimum atomic E-state index is -0.704. The third-order valence-electron chi connectivity index (χ3n) is 6.97. The Morgan fingerprint density at radius 3 is 2.58 bits per heavy atom. The van der Waals surface area contributed by atoms with Crippen LogP contribution in [0.25, 0.3) is 10.9 Å². The van der Waals surface area contributed by atoms with Crippen LogP contribution < -0.4 is 10.6 Å². The number of likely N-dealkylation sites (tertiary alicyclic amines) is 2. The number of rotatable bonds is 5. The van der Waals surface area contributed by atoms with E-state index in [0.717, 1.165) is 49.7 Å². The van der Waals surface area contributed by atoms with Crippen molar-refractivity contribution in [3.63, 3.8) is 0 Å². The van der Waals surface area contributed by atoms with Crippen LogP contribution >= 0.6 is 0 Å². The number of carbonyl (C=O) groups excluding carboxylic acids is 3. The third kappa shape index (κ3) is 6.01. The monoisotopic (exact) mass is 515 g/mol. The van der Waals surface area contributed by atoms with E-state index in [4.69, 9.17) is 4.99 Å². The zero-order valence-corrected chi connectivity index (χ0v) is 21.6. The first-order valence-electron chi connectivity index (χ1n) is 13.2. The number of aliphatic imine (C=N–C) groups is 1. The smallest absolute Gasteiger partial charge is 0.257 e. The Bertz CT molecular complexity index is 1340. The van der Waals surface area contributed by atoms with Crippen molar-refractivity contribution < 1.29 is 14.4 Å². The van der Waals surface area contributed by atoms with E-state index < -0.39 is 6.04 Å². The average molecular weight is 516 g/mol. The van der Waals surface area contributed by atoms with Gasteiger partial charge in [0.2, 0.25) is 17.8 Å². The normalized spacial score (nSPS) is 18.5. The van der Waals surface area contributed by atoms with Crippen molar-refractivity contribution in [2.45, 2.75) is 38.1 Å². The summed E-state index contributed by atoms with van der Waals surface area (Å²) in [6.45, 7) is 2.11. The fraction of sp³-hybridized carbons (Fsp3) is 0.393. The maximum Gasteiger partial charge on any atom is 0.257 e. The largest absolute Gasteiger partial charge is 0.341 e. The molecule has 2 aliphatic rings. The van der Waals surface area contributed by atoms with Crippen LogP contribution in [0.4, 0.5) is 5.69 Å². The summed E-state index contributed by atoms with van der Waals surface area (Å²) in [4.78, 5) is 47.5. The molecule has 2 saturated heterocycles. The van der Waals surface area contributed by atoms with Crippen LogP contribution in [0.3, 0.4) is 0 Å². The standard InChI is InChI=1S/C28H33N7O3/c1-33-18-21-17-22(12-13-23(21)32-33)29-28(31-26(37)20-9-3-2-4-10-20)30-24-11-5-6-16-35(27(24)38)19-25(36)34-14-7-8-15-34/h2-4,9-10,12-13,17-18,24H,5-8,11,14-16,19H2,1H3,(H2,29,30,31,37). The summed E-state index contributed by atoms with van der Waals surface area (Å²) in [7, 11) is 1.86. The first-order chi connectivity index (χ1) is 18.5. The van der Waals surface area contributed by atoms with Gasteiger partial charge in [0.25, 0.3) is 5.91 Å². The molecule has 1 aromatic heterocycles. The van der Waals surface area contributed by atoms with Crippen molar-refractivity contribution in [1.29, 1.82) is 0 Å². The molecule has 3 heterocycles. The fourth-order valence-corrected chi connectivity index (χ4v) is 4.98. The summed E-state index contributed by atoms with van der Waals surface area (Å²) < 4.78 is 1.74. The van der Waals surface area contributed by atoms with Gasteiger partial charge < -0.3 is 15.1 Å². The van der Waals surface area contributed by atoms with E-state index >= 15 is 0 Å². The van der Waals surface area contributed by atoms with Gasteiger partial charge in [-0.3, -0.25) is 24.4 Å². The van der Waals surface area contributed by atoms with Gasteiger partial charge in [-0.05, 0) is 62.4 Å². The number of anilines is 1. The van der Waals surface area contributed by atoms with E-state index in [1.807, 2.05) is 42.4 Å². The summed E-state index contributed by atoms with van der Waals surface area (Å²) >= 11 is 0. The molecule has 10 nitrogen and oxygen atoms in total. The highest BCUT2D eigenvalue weighted by molar-refractivity contribution is 6.10. The minimum absolute atomic E-state index is 0.0130. The molecule has 0 spiro atoms. The number of aromatic nitrogens is 2. The molecule has 38 heavy (non-hydrogen) atoms. The zero-order chi connectivity index (χ0) is 26.5. The quantitative estimate of drug-likeness (QED) is 0.401. The maximum atomic E-state index is 13.5. The molecule has 3 amide bonds. The molecule has 0 aliphatic carbocycles. The van der Waals surface area contributed by atoms with E-state index in [0.29, 0.717) is 24.2 Å². The number of aryl methyl sites for hydroxylation is 1. The molecular formula is C28H33N7O3. The van der Waals surface area contributed by atoms with Gasteiger partial charge in [0.1, 0.15) is 6.04 Å². The lowest BCUT2D eigenvalue weighted by molar-refractivity contribution is -0.140. The van der Waals surface area contributed by atoms with Gasteiger partial charge in [0, 0.05) is 49.5 Å². The Morgan fingerprint density at radius 2 is 1.79 bits per heavy atom. The number of hydrogen-bond acceptors (Lipinski definition) is 5. The van der Waals surface area contributed by atoms with Crippen molar-refractivity contribution in [3.8, 4) is 0 Å². The van der Waals surface area contributed by atoms with Crippen LogP contribution in [0, 0.1) is 0 Å². The molecular weight excluding hydrogens is 482 g/mol. The Morgan fingerprint density at radius 1 is 1.03 bits per heavy atom. The Kier molecular flexibility index (Phi) is 7.67. The van der Waals surface area contributed by atoms with Gasteiger partial charge in [-0.1, -0.05) is 18.2 Å². The van der Waals surface area contributed by atoms with Crippen molar-refractivity contribution in [2.75, 3.05) is 31.5 Å². The number of fused-ring (bicyclic) bond motifs is 1. The second-order valence-electron chi connectivity index (χ2n) is 9.86. The molecule has 1 unspecified atom stereocenters. The number of nitrogens with one attached hydrogen (secondary N) is 2. The molecule has 0 bridgehead atoms. The molecule has 2 aliphatic heterocycles. The van der Waals surface area contributed by atoms with E-state index in [1.54, 1.807) is 33.8 Å². The van der Waals surface area contributed by atoms with E-state index in [1.165, 1.54) is 0 Å². The molecule has 1 atom stereocenters. The first kappa shape index (κ1) is 25.4. The van der Waals surface area contributed by atoms with Crippen LogP contribution in [0.2, 0.25) is 0 Å². The van der Waals surface area contributed by atoms with Crippen LogP contribution in [-0.2, 0) is 16.6 Å². The van der Waals surface area contributed by atoms with Gasteiger partial charge in [0.15, 0.2) is 0 Å². The lowest BCUT2D eigenvalue weighted by Gasteiger charge is -2.25. The molecule has 0 radical (unpaired) electrons. The molecule has 2 aromatic carbocycles. The average Bonchev–Trinajstić information content (AvgIpc) is 3.55. The number of hydrogen-bond donors (Lipinski definition) is 2. The van der Waals surface area contributed by atoms with Gasteiger partial charge >= 0.3 is 0 Å². The SMILES string of the molecule is Cn1cc2cc(NC(=NC3CCCCN(CC(=O)N4CCCC4)C3=O)NC(=O)c3ccccc3)ccc2n1. The highest BCUT2D eigenvalue weighted by Gasteiger charge is 2.30. The van der Waals surface area contributed by atoms with E-state index in [9.17, 15) is 14.4 Å². The molecule has 198 valence electrons. The van der Waals surface area contributed by atoms with E-state index in [-0.39, 0.29) is 30.2 Å². The molecule has 3 aromatic rings. The second kappa shape index (κ2) is 11.5. The minimum Gasteiger partial charge on any atom is -0.341 e. The maximum absolute atomic E-state index is 13.5. The number of benzene rings is 2. The summed E-state index contributed by atoms with van der Waals surface area (Å²) in [6.07, 6.45) is 6.07. The predicted octanol–water partition coefficient (Wildman–Crippen LogP) is 2.77. The summed E-state index contributed by atoms with van der Waals surface area (Å²) in [5.74, 6) is -0.346. The predicted molar refractivity (Wildman–Crippen MR) is 146 cm³/mol. The lowest BCUT2D eigenvalue weighted by atomic mass is 10.1. The summed E-state index contributed by atoms with van der Waals surface area (Å²) in [6, 6.07) is 13.8. The molecule has 5 rings (SSSR count). The highest BCUT2D eigenvalue weighted by Crippen LogP contribution is 2.20. The van der Waals surface area contributed by atoms with Crippen LogP contribution in [0.15, 0.2) is 59.7 Å². The van der Waals surface area contributed by atoms with Crippen LogP contribution in [-0.4, -0.2) is 75.5 Å². The first-order valence-corrected chi connectivity index (χ1v) is 13.2. The molecule has 2 fully saturated rings. The number of carbonyl (C=O) groups is 3. The summed E-state index contributed by atoms with van der Waals surface area (Å²) in [5.41, 5.74) is 2.04. The third-order valence-corrected chi connectivity index (χ3v) is 6.97. The Balaban J connectivity index is 1.39. The zero-order valence-electron chi connectivity index (χ0n) is 21.6. The topological polar surface area (TPSA) is 112 Å². The van der Waals surface area contributed by atoms with Gasteiger partial charge in [-0.2, -0.15) is 5.10 Å². The molecule has 10 heteroatoms. The highest BCUT2D eigenvalue weighted by atomic mass is 16.2. The summed E-state index contributed by atoms with van der Waals surface area (Å²) in [5, 5.41) is 11.4. The Labute approximate surface area is 221 Å².